The number of aliphatic hydroxyl groups is 2. The van der Waals surface area contributed by atoms with Gasteiger partial charge in [-0.2, -0.15) is 0 Å². The van der Waals surface area contributed by atoms with Gasteiger partial charge in [0, 0.05) is 13.2 Å². The molecule has 0 spiro atoms. The highest BCUT2D eigenvalue weighted by Crippen LogP contribution is 2.63. The SMILES string of the molecule is OCCCC(CO)C12CC3CC(CC(C3)C1)C2. The molecule has 4 aliphatic carbocycles. The molecule has 4 bridgehead atoms. The van der Waals surface area contributed by atoms with Crippen molar-refractivity contribution < 1.29 is 10.2 Å². The van der Waals surface area contributed by atoms with E-state index in [2.05, 4.69) is 0 Å². The first-order valence-corrected chi connectivity index (χ1v) is 7.47. The molecule has 0 amide bonds. The van der Waals surface area contributed by atoms with Crippen LogP contribution in [-0.4, -0.2) is 23.4 Å². The van der Waals surface area contributed by atoms with Gasteiger partial charge in [0.1, 0.15) is 0 Å². The molecule has 4 rings (SSSR count). The molecule has 0 radical (unpaired) electrons. The van der Waals surface area contributed by atoms with Gasteiger partial charge in [-0.15, -0.1) is 0 Å². The van der Waals surface area contributed by atoms with Crippen molar-refractivity contribution >= 4 is 0 Å². The Labute approximate surface area is 104 Å². The molecule has 4 saturated carbocycles. The van der Waals surface area contributed by atoms with Gasteiger partial charge in [0.2, 0.25) is 0 Å². The first-order valence-electron chi connectivity index (χ1n) is 7.47. The quantitative estimate of drug-likeness (QED) is 0.773. The predicted molar refractivity (Wildman–Crippen MR) is 67.5 cm³/mol. The molecule has 2 N–H and O–H groups in total. The molecule has 0 heterocycles. The summed E-state index contributed by atoms with van der Waals surface area (Å²) in [6.45, 7) is 0.620. The van der Waals surface area contributed by atoms with Crippen LogP contribution in [0.15, 0.2) is 0 Å². The van der Waals surface area contributed by atoms with Crippen molar-refractivity contribution in [1.29, 1.82) is 0 Å². The standard InChI is InChI=1S/C15H26O2/c16-3-1-2-14(10-17)15-7-11-4-12(8-15)6-13(5-11)9-15/h11-14,16-17H,1-10H2. The summed E-state index contributed by atoms with van der Waals surface area (Å²) in [7, 11) is 0. The Balaban J connectivity index is 1.75. The highest BCUT2D eigenvalue weighted by atomic mass is 16.3. The molecule has 0 aromatic heterocycles. The Bertz CT molecular complexity index is 239. The lowest BCUT2D eigenvalue weighted by atomic mass is 9.46. The molecule has 4 aliphatic rings. The molecule has 0 aromatic carbocycles. The number of aliphatic hydroxyl groups excluding tert-OH is 2. The minimum atomic E-state index is 0.281. The van der Waals surface area contributed by atoms with Crippen LogP contribution in [0.5, 0.6) is 0 Å². The van der Waals surface area contributed by atoms with Crippen LogP contribution in [0.4, 0.5) is 0 Å². The number of hydrogen-bond acceptors (Lipinski definition) is 2. The van der Waals surface area contributed by atoms with E-state index in [1.54, 1.807) is 0 Å². The van der Waals surface area contributed by atoms with Crippen LogP contribution in [-0.2, 0) is 0 Å². The van der Waals surface area contributed by atoms with Crippen LogP contribution >= 0.6 is 0 Å². The summed E-state index contributed by atoms with van der Waals surface area (Å²) in [6, 6.07) is 0. The third-order valence-corrected chi connectivity index (χ3v) is 5.88. The monoisotopic (exact) mass is 238 g/mol. The lowest BCUT2D eigenvalue weighted by Gasteiger charge is -2.59. The van der Waals surface area contributed by atoms with Gasteiger partial charge in [0.05, 0.1) is 0 Å². The van der Waals surface area contributed by atoms with Gasteiger partial charge < -0.3 is 10.2 Å². The maximum absolute atomic E-state index is 9.73. The van der Waals surface area contributed by atoms with Crippen LogP contribution in [0.2, 0.25) is 0 Å². The molecule has 0 aliphatic heterocycles. The van der Waals surface area contributed by atoms with Gasteiger partial charge in [0.15, 0.2) is 0 Å². The smallest absolute Gasteiger partial charge is 0.0464 e. The molecule has 0 aromatic rings. The summed E-state index contributed by atoms with van der Waals surface area (Å²) in [5.41, 5.74) is 0.457. The molecular formula is C15H26O2. The van der Waals surface area contributed by atoms with Crippen LogP contribution in [0, 0.1) is 29.1 Å². The topological polar surface area (TPSA) is 40.5 Å². The van der Waals surface area contributed by atoms with Crippen LogP contribution in [0.1, 0.15) is 51.4 Å². The maximum atomic E-state index is 9.73. The largest absolute Gasteiger partial charge is 0.396 e. The summed E-state index contributed by atoms with van der Waals surface area (Å²) < 4.78 is 0. The molecule has 98 valence electrons. The molecule has 1 unspecified atom stereocenters. The summed E-state index contributed by atoms with van der Waals surface area (Å²) in [4.78, 5) is 0. The highest BCUT2D eigenvalue weighted by Gasteiger charge is 2.53. The van der Waals surface area contributed by atoms with Crippen molar-refractivity contribution in [2.45, 2.75) is 51.4 Å². The zero-order chi connectivity index (χ0) is 11.9. The fourth-order valence-electron chi connectivity index (χ4n) is 5.61. The average molecular weight is 238 g/mol. The van der Waals surface area contributed by atoms with Gasteiger partial charge in [-0.3, -0.25) is 0 Å². The maximum Gasteiger partial charge on any atom is 0.0464 e. The third kappa shape index (κ3) is 2.04. The summed E-state index contributed by atoms with van der Waals surface area (Å²) in [5.74, 6) is 3.35. The number of hydrogen-bond donors (Lipinski definition) is 2. The molecule has 2 heteroatoms. The Morgan fingerprint density at radius 3 is 1.88 bits per heavy atom. The van der Waals surface area contributed by atoms with Crippen molar-refractivity contribution in [2.24, 2.45) is 29.1 Å². The number of rotatable bonds is 5. The Kier molecular flexibility index (Phi) is 3.20. The minimum absolute atomic E-state index is 0.281. The van der Waals surface area contributed by atoms with E-state index in [4.69, 9.17) is 5.11 Å². The van der Waals surface area contributed by atoms with Crippen molar-refractivity contribution in [2.75, 3.05) is 13.2 Å². The molecule has 17 heavy (non-hydrogen) atoms. The third-order valence-electron chi connectivity index (χ3n) is 5.88. The molecular weight excluding hydrogens is 212 g/mol. The van der Waals surface area contributed by atoms with E-state index >= 15 is 0 Å². The fourth-order valence-corrected chi connectivity index (χ4v) is 5.61. The summed E-state index contributed by atoms with van der Waals surface area (Å²) in [6.07, 6.45) is 10.4. The Morgan fingerprint density at radius 1 is 0.941 bits per heavy atom. The van der Waals surface area contributed by atoms with E-state index < -0.39 is 0 Å². The van der Waals surface area contributed by atoms with Gasteiger partial charge in [-0.05, 0) is 80.5 Å². The molecule has 0 saturated heterocycles. The first kappa shape index (κ1) is 12.0. The minimum Gasteiger partial charge on any atom is -0.396 e. The van der Waals surface area contributed by atoms with E-state index in [-0.39, 0.29) is 6.61 Å². The van der Waals surface area contributed by atoms with Gasteiger partial charge in [0.25, 0.3) is 0 Å². The van der Waals surface area contributed by atoms with Crippen molar-refractivity contribution in [3.63, 3.8) is 0 Å². The molecule has 4 fully saturated rings. The summed E-state index contributed by atoms with van der Waals surface area (Å²) >= 11 is 0. The zero-order valence-corrected chi connectivity index (χ0v) is 10.8. The van der Waals surface area contributed by atoms with E-state index in [9.17, 15) is 5.11 Å². The lowest BCUT2D eigenvalue weighted by Crippen LogP contribution is -2.50. The predicted octanol–water partition coefficient (Wildman–Crippen LogP) is 2.58. The van der Waals surface area contributed by atoms with Gasteiger partial charge >= 0.3 is 0 Å². The normalized spacial score (nSPS) is 45.2. The summed E-state index contributed by atoms with van der Waals surface area (Å²) in [5, 5.41) is 18.7. The first-order chi connectivity index (χ1) is 8.25. The fraction of sp³-hybridized carbons (Fsp3) is 1.00. The molecule has 2 nitrogen and oxygen atoms in total. The van der Waals surface area contributed by atoms with Gasteiger partial charge in [-0.1, -0.05) is 0 Å². The zero-order valence-electron chi connectivity index (χ0n) is 10.8. The van der Waals surface area contributed by atoms with Crippen LogP contribution in [0.3, 0.4) is 0 Å². The Morgan fingerprint density at radius 2 is 1.47 bits per heavy atom. The van der Waals surface area contributed by atoms with Gasteiger partial charge in [-0.25, -0.2) is 0 Å². The van der Waals surface area contributed by atoms with E-state index in [1.807, 2.05) is 0 Å². The van der Waals surface area contributed by atoms with E-state index in [1.165, 1.54) is 38.5 Å². The van der Waals surface area contributed by atoms with Crippen molar-refractivity contribution in [1.82, 2.24) is 0 Å². The average Bonchev–Trinajstić information content (AvgIpc) is 2.27. The van der Waals surface area contributed by atoms with E-state index in [0.717, 1.165) is 30.6 Å². The lowest BCUT2D eigenvalue weighted by molar-refractivity contribution is -0.101. The second-order valence-corrected chi connectivity index (χ2v) is 7.03. The Hall–Kier alpha value is -0.0800. The van der Waals surface area contributed by atoms with Crippen LogP contribution < -0.4 is 0 Å². The second kappa shape index (κ2) is 4.55. The second-order valence-electron chi connectivity index (χ2n) is 7.03. The van der Waals surface area contributed by atoms with E-state index in [0.29, 0.717) is 17.9 Å². The highest BCUT2D eigenvalue weighted by molar-refractivity contribution is 5.03. The molecule has 1 atom stereocenters. The van der Waals surface area contributed by atoms with Crippen LogP contribution in [0.25, 0.3) is 0 Å². The van der Waals surface area contributed by atoms with Crippen molar-refractivity contribution in [3.05, 3.63) is 0 Å². The van der Waals surface area contributed by atoms with Crippen molar-refractivity contribution in [3.8, 4) is 0 Å².